The van der Waals surface area contributed by atoms with Gasteiger partial charge in [-0.3, -0.25) is 9.36 Å². The molecule has 0 aromatic heterocycles. The minimum atomic E-state index is -4.60. The molecule has 9 heteroatoms. The van der Waals surface area contributed by atoms with Crippen LogP contribution in [0.3, 0.4) is 0 Å². The van der Waals surface area contributed by atoms with E-state index in [-0.39, 0.29) is 12.5 Å². The number of nitrogens with one attached hydrogen (secondary N) is 1. The number of quaternary nitrogens is 1. The summed E-state index contributed by atoms with van der Waals surface area (Å²) < 4.78 is 23.1. The average molecular weight is 865 g/mol. The monoisotopic (exact) mass is 865 g/mol. The standard InChI is InChI=1S/C51H97N2O6P/c1-6-8-10-12-14-16-18-19-20-21-22-23-24-25-26-27-28-29-30-31-32-33-34-35-37-39-41-43-45-51(55)52-49(48-59-60(56,57)58-47-46-53(3,4)5)50(54)44-42-40-38-36-17-15-13-11-9-7-2/h9,11,17,25-26,36,42,44,49-50,54H,6-8,10,12-16,18-24,27-35,37-41,43,45-48H2,1-5H3,(H-,52,55,56,57)/b11-9+,26-25-,36-17+,44-42+. The predicted octanol–water partition coefficient (Wildman–Crippen LogP) is 13.8. The van der Waals surface area contributed by atoms with Gasteiger partial charge in [-0.15, -0.1) is 0 Å². The molecular weight excluding hydrogens is 768 g/mol. The van der Waals surface area contributed by atoms with Crippen LogP contribution in [-0.2, 0) is 18.4 Å². The SMILES string of the molecule is CC/C=C/CC/C=C/CC/C=C/C(O)C(COP(=O)([O-])OCC[N+](C)(C)C)NC(=O)CCCCCCCCCCCCCC/C=C\CCCCCCCCCCCCCC. The normalized spacial score (nSPS) is 14.6. The molecule has 0 bridgehead atoms. The van der Waals surface area contributed by atoms with Gasteiger partial charge in [-0.1, -0.05) is 197 Å². The van der Waals surface area contributed by atoms with Crippen LogP contribution in [0.5, 0.6) is 0 Å². The Morgan fingerprint density at radius 1 is 0.583 bits per heavy atom. The van der Waals surface area contributed by atoms with Crippen LogP contribution in [0.2, 0.25) is 0 Å². The molecule has 0 aromatic rings. The van der Waals surface area contributed by atoms with Crippen LogP contribution in [0.4, 0.5) is 0 Å². The van der Waals surface area contributed by atoms with Crippen molar-refractivity contribution in [1.82, 2.24) is 5.32 Å². The second-order valence-corrected chi connectivity index (χ2v) is 19.5. The fourth-order valence-electron chi connectivity index (χ4n) is 7.07. The highest BCUT2D eigenvalue weighted by atomic mass is 31.2. The van der Waals surface area contributed by atoms with Gasteiger partial charge in [0.1, 0.15) is 13.2 Å². The molecule has 3 unspecified atom stereocenters. The van der Waals surface area contributed by atoms with Gasteiger partial charge in [0.25, 0.3) is 7.82 Å². The van der Waals surface area contributed by atoms with Crippen molar-refractivity contribution in [3.8, 4) is 0 Å². The molecule has 0 aliphatic heterocycles. The van der Waals surface area contributed by atoms with E-state index in [9.17, 15) is 19.4 Å². The molecule has 3 atom stereocenters. The van der Waals surface area contributed by atoms with E-state index in [1.54, 1.807) is 6.08 Å². The van der Waals surface area contributed by atoms with Crippen molar-refractivity contribution in [2.24, 2.45) is 0 Å². The van der Waals surface area contributed by atoms with Crippen molar-refractivity contribution in [3.63, 3.8) is 0 Å². The summed E-state index contributed by atoms with van der Waals surface area (Å²) in [5, 5.41) is 13.7. The summed E-state index contributed by atoms with van der Waals surface area (Å²) >= 11 is 0. The number of likely N-dealkylation sites (N-methyl/N-ethyl adjacent to an activating group) is 1. The van der Waals surface area contributed by atoms with Crippen LogP contribution in [0.25, 0.3) is 0 Å². The maximum Gasteiger partial charge on any atom is 0.268 e. The first-order valence-electron chi connectivity index (χ1n) is 25.0. The highest BCUT2D eigenvalue weighted by Crippen LogP contribution is 2.38. The van der Waals surface area contributed by atoms with Crippen LogP contribution in [-0.4, -0.2) is 68.5 Å². The predicted molar refractivity (Wildman–Crippen MR) is 256 cm³/mol. The first kappa shape index (κ1) is 58.5. The zero-order valence-corrected chi connectivity index (χ0v) is 40.8. The van der Waals surface area contributed by atoms with Crippen molar-refractivity contribution in [1.29, 1.82) is 0 Å². The smallest absolute Gasteiger partial charge is 0.268 e. The number of amides is 1. The lowest BCUT2D eigenvalue weighted by Gasteiger charge is -2.29. The van der Waals surface area contributed by atoms with E-state index in [0.717, 1.165) is 51.4 Å². The number of nitrogens with zero attached hydrogens (tertiary/aromatic N) is 1. The topological polar surface area (TPSA) is 108 Å². The fourth-order valence-corrected chi connectivity index (χ4v) is 7.79. The van der Waals surface area contributed by atoms with Crippen LogP contribution < -0.4 is 10.2 Å². The molecule has 352 valence electrons. The number of aliphatic hydroxyl groups excluding tert-OH is 1. The van der Waals surface area contributed by atoms with Crippen LogP contribution in [0, 0.1) is 0 Å². The number of unbranched alkanes of at least 4 members (excludes halogenated alkanes) is 26. The van der Waals surface area contributed by atoms with E-state index >= 15 is 0 Å². The number of rotatable bonds is 45. The summed E-state index contributed by atoms with van der Waals surface area (Å²) in [5.74, 6) is -0.214. The lowest BCUT2D eigenvalue weighted by Crippen LogP contribution is -2.45. The number of phosphoric acid groups is 1. The third kappa shape index (κ3) is 44.5. The zero-order chi connectivity index (χ0) is 44.3. The lowest BCUT2D eigenvalue weighted by molar-refractivity contribution is -0.870. The van der Waals surface area contributed by atoms with Gasteiger partial charge in [0.15, 0.2) is 0 Å². The molecule has 1 amide bonds. The van der Waals surface area contributed by atoms with E-state index in [2.05, 4.69) is 55.6 Å². The molecule has 0 aliphatic carbocycles. The third-order valence-electron chi connectivity index (χ3n) is 11.0. The number of carbonyl (C=O) groups excluding carboxylic acids is 1. The molecule has 0 aromatic carbocycles. The van der Waals surface area contributed by atoms with Gasteiger partial charge in [-0.2, -0.15) is 0 Å². The lowest BCUT2D eigenvalue weighted by atomic mass is 10.0. The molecule has 0 heterocycles. The van der Waals surface area contributed by atoms with Crippen molar-refractivity contribution in [2.75, 3.05) is 40.9 Å². The fraction of sp³-hybridized carbons (Fsp3) is 0.824. The summed E-state index contributed by atoms with van der Waals surface area (Å²) in [6.07, 6.45) is 54.9. The summed E-state index contributed by atoms with van der Waals surface area (Å²) in [4.78, 5) is 25.3. The molecule has 60 heavy (non-hydrogen) atoms. The van der Waals surface area contributed by atoms with Crippen molar-refractivity contribution < 1.29 is 32.9 Å². The van der Waals surface area contributed by atoms with Crippen LogP contribution >= 0.6 is 7.82 Å². The molecular formula is C51H97N2O6P. The van der Waals surface area contributed by atoms with Gasteiger partial charge in [0.2, 0.25) is 5.91 Å². The van der Waals surface area contributed by atoms with E-state index in [1.165, 1.54) is 148 Å². The maximum absolute atomic E-state index is 12.9. The van der Waals surface area contributed by atoms with Crippen molar-refractivity contribution in [3.05, 3.63) is 48.6 Å². The molecule has 0 aliphatic rings. The Bertz CT molecular complexity index is 1120. The van der Waals surface area contributed by atoms with E-state index < -0.39 is 26.6 Å². The Balaban J connectivity index is 4.09. The number of carbonyl (C=O) groups is 1. The van der Waals surface area contributed by atoms with E-state index in [1.807, 2.05) is 27.2 Å². The number of aliphatic hydroxyl groups is 1. The number of phosphoric ester groups is 1. The maximum atomic E-state index is 12.9. The summed E-state index contributed by atoms with van der Waals surface area (Å²) in [6.45, 7) is 4.50. The molecule has 0 saturated heterocycles. The second kappa shape index (κ2) is 42.7. The summed E-state index contributed by atoms with van der Waals surface area (Å²) in [6, 6.07) is -0.908. The van der Waals surface area contributed by atoms with Crippen LogP contribution in [0.15, 0.2) is 48.6 Å². The van der Waals surface area contributed by atoms with E-state index in [4.69, 9.17) is 9.05 Å². The zero-order valence-electron chi connectivity index (χ0n) is 39.9. The average Bonchev–Trinajstić information content (AvgIpc) is 3.20. The Hall–Kier alpha value is -1.54. The number of hydrogen-bond acceptors (Lipinski definition) is 6. The van der Waals surface area contributed by atoms with Crippen LogP contribution in [0.1, 0.15) is 219 Å². The molecule has 0 radical (unpaired) electrons. The van der Waals surface area contributed by atoms with Gasteiger partial charge in [0, 0.05) is 6.42 Å². The molecule has 0 rings (SSSR count). The van der Waals surface area contributed by atoms with Gasteiger partial charge < -0.3 is 28.8 Å². The Labute approximate surface area is 371 Å². The summed E-state index contributed by atoms with van der Waals surface area (Å²) in [5.41, 5.74) is 0. The van der Waals surface area contributed by atoms with Gasteiger partial charge in [0.05, 0.1) is 39.9 Å². The Morgan fingerprint density at radius 2 is 0.983 bits per heavy atom. The number of allylic oxidation sites excluding steroid dienone is 7. The van der Waals surface area contributed by atoms with Crippen molar-refractivity contribution in [2.45, 2.75) is 231 Å². The van der Waals surface area contributed by atoms with Gasteiger partial charge >= 0.3 is 0 Å². The largest absolute Gasteiger partial charge is 0.756 e. The quantitative estimate of drug-likeness (QED) is 0.0273. The number of hydrogen-bond donors (Lipinski definition) is 2. The van der Waals surface area contributed by atoms with Gasteiger partial charge in [-0.05, 0) is 64.2 Å². The van der Waals surface area contributed by atoms with Crippen molar-refractivity contribution >= 4 is 13.7 Å². The molecule has 8 nitrogen and oxygen atoms in total. The van der Waals surface area contributed by atoms with Gasteiger partial charge in [-0.25, -0.2) is 0 Å². The molecule has 2 N–H and O–H groups in total. The first-order chi connectivity index (χ1) is 29.0. The minimum Gasteiger partial charge on any atom is -0.756 e. The Kier molecular flexibility index (Phi) is 41.6. The molecule has 0 saturated carbocycles. The second-order valence-electron chi connectivity index (χ2n) is 18.1. The minimum absolute atomic E-state index is 0.00993. The third-order valence-corrected chi connectivity index (χ3v) is 12.0. The van der Waals surface area contributed by atoms with E-state index in [0.29, 0.717) is 17.4 Å². The molecule has 0 fully saturated rings. The highest BCUT2D eigenvalue weighted by molar-refractivity contribution is 7.45. The molecule has 0 spiro atoms. The summed E-state index contributed by atoms with van der Waals surface area (Å²) in [7, 11) is 1.23. The first-order valence-corrected chi connectivity index (χ1v) is 26.5. The highest BCUT2D eigenvalue weighted by Gasteiger charge is 2.23. The Morgan fingerprint density at radius 3 is 1.43 bits per heavy atom.